The van der Waals surface area contributed by atoms with Gasteiger partial charge in [0.25, 0.3) is 0 Å². The molecule has 9 heteroatoms. The summed E-state index contributed by atoms with van der Waals surface area (Å²) in [5.74, 6) is 0.774. The fraction of sp³-hybridized carbons (Fsp3) is 0.467. The molecule has 0 unspecified atom stereocenters. The zero-order valence-corrected chi connectivity index (χ0v) is 15.1. The highest BCUT2D eigenvalue weighted by Crippen LogP contribution is 2.22. The second-order valence-electron chi connectivity index (χ2n) is 5.44. The first-order chi connectivity index (χ1) is 11.6. The molecule has 2 aromatic rings. The number of hydrogen-bond donors (Lipinski definition) is 0. The van der Waals surface area contributed by atoms with E-state index >= 15 is 0 Å². The Balaban J connectivity index is 1.62. The van der Waals surface area contributed by atoms with Gasteiger partial charge < -0.3 is 9.64 Å². The van der Waals surface area contributed by atoms with Crippen LogP contribution in [0.3, 0.4) is 0 Å². The Morgan fingerprint density at radius 3 is 2.54 bits per heavy atom. The van der Waals surface area contributed by atoms with Gasteiger partial charge in [0.05, 0.1) is 11.5 Å². The molecule has 0 aliphatic carbocycles. The number of benzene rings is 1. The highest BCUT2D eigenvalue weighted by Gasteiger charge is 2.29. The normalized spacial score (nSPS) is 16.5. The van der Waals surface area contributed by atoms with E-state index in [0.717, 1.165) is 11.0 Å². The van der Waals surface area contributed by atoms with Crippen LogP contribution >= 0.6 is 11.5 Å². The number of anilines is 1. The molecule has 2 heterocycles. The maximum atomic E-state index is 12.6. The molecule has 3 rings (SSSR count). The lowest BCUT2D eigenvalue weighted by Crippen LogP contribution is -2.48. The summed E-state index contributed by atoms with van der Waals surface area (Å²) >= 11 is 1.35. The molecule has 0 bridgehead atoms. The van der Waals surface area contributed by atoms with E-state index in [4.69, 9.17) is 4.74 Å². The van der Waals surface area contributed by atoms with Crippen LogP contribution in [0.2, 0.25) is 0 Å². The molecule has 0 saturated carbocycles. The number of ether oxygens (including phenoxy) is 1. The largest absolute Gasteiger partial charge is 0.384 e. The molecule has 24 heavy (non-hydrogen) atoms. The molecular weight excluding hydrogens is 348 g/mol. The number of aromatic nitrogens is 2. The minimum Gasteiger partial charge on any atom is -0.384 e. The zero-order valence-electron chi connectivity index (χ0n) is 13.5. The Morgan fingerprint density at radius 1 is 1.17 bits per heavy atom. The molecule has 1 fully saturated rings. The zero-order chi connectivity index (χ0) is 17.0. The third-order valence-corrected chi connectivity index (χ3v) is 6.60. The maximum absolute atomic E-state index is 12.6. The topological polar surface area (TPSA) is 75.6 Å². The van der Waals surface area contributed by atoms with E-state index in [9.17, 15) is 8.42 Å². The van der Waals surface area contributed by atoms with Crippen molar-refractivity contribution in [3.8, 4) is 0 Å². The Hall–Kier alpha value is -1.55. The van der Waals surface area contributed by atoms with Crippen LogP contribution < -0.4 is 4.90 Å². The third kappa shape index (κ3) is 3.75. The summed E-state index contributed by atoms with van der Waals surface area (Å²) in [5.41, 5.74) is 0. The predicted molar refractivity (Wildman–Crippen MR) is 92.9 cm³/mol. The smallest absolute Gasteiger partial charge is 0.243 e. The van der Waals surface area contributed by atoms with Crippen molar-refractivity contribution < 1.29 is 13.2 Å². The van der Waals surface area contributed by atoms with Crippen molar-refractivity contribution >= 4 is 26.7 Å². The molecule has 1 aliphatic heterocycles. The van der Waals surface area contributed by atoms with E-state index in [1.54, 1.807) is 31.4 Å². The Kier molecular flexibility index (Phi) is 5.44. The highest BCUT2D eigenvalue weighted by atomic mass is 32.2. The molecule has 0 spiro atoms. The molecule has 1 aliphatic rings. The van der Waals surface area contributed by atoms with Gasteiger partial charge in [-0.25, -0.2) is 13.4 Å². The Bertz CT molecular complexity index is 756. The van der Waals surface area contributed by atoms with Gasteiger partial charge in [-0.05, 0) is 12.1 Å². The molecular formula is C15H20N4O3S2. The summed E-state index contributed by atoms with van der Waals surface area (Å²) in [6.45, 7) is 2.73. The fourth-order valence-corrected chi connectivity index (χ4v) is 4.74. The number of nitrogens with zero attached hydrogens (tertiary/aromatic N) is 4. The van der Waals surface area contributed by atoms with Gasteiger partial charge in [-0.2, -0.15) is 8.68 Å². The molecule has 7 nitrogen and oxygen atoms in total. The van der Waals surface area contributed by atoms with Crippen molar-refractivity contribution in [2.24, 2.45) is 0 Å². The van der Waals surface area contributed by atoms with Crippen molar-refractivity contribution in [2.75, 3.05) is 44.8 Å². The van der Waals surface area contributed by atoms with Gasteiger partial charge in [0.1, 0.15) is 5.82 Å². The number of hydrogen-bond acceptors (Lipinski definition) is 7. The van der Waals surface area contributed by atoms with Crippen molar-refractivity contribution in [3.63, 3.8) is 0 Å². The molecule has 0 radical (unpaired) electrons. The van der Waals surface area contributed by atoms with E-state index in [1.165, 1.54) is 15.8 Å². The fourth-order valence-electron chi connectivity index (χ4n) is 2.53. The number of sulfonamides is 1. The monoisotopic (exact) mass is 368 g/mol. The summed E-state index contributed by atoms with van der Waals surface area (Å²) in [6, 6.07) is 8.56. The van der Waals surface area contributed by atoms with E-state index in [2.05, 4.69) is 14.3 Å². The van der Waals surface area contributed by atoms with Crippen molar-refractivity contribution in [1.82, 2.24) is 13.7 Å². The highest BCUT2D eigenvalue weighted by molar-refractivity contribution is 7.89. The minimum atomic E-state index is -3.42. The second-order valence-corrected chi connectivity index (χ2v) is 8.11. The maximum Gasteiger partial charge on any atom is 0.243 e. The van der Waals surface area contributed by atoms with Crippen LogP contribution in [0.4, 0.5) is 5.13 Å². The molecule has 0 amide bonds. The quantitative estimate of drug-likeness (QED) is 0.764. The van der Waals surface area contributed by atoms with Crippen LogP contribution in [0, 0.1) is 0 Å². The lowest BCUT2D eigenvalue weighted by atomic mass is 10.4. The Labute approximate surface area is 146 Å². The first kappa shape index (κ1) is 17.3. The van der Waals surface area contributed by atoms with Gasteiger partial charge in [0, 0.05) is 51.2 Å². The average molecular weight is 368 g/mol. The lowest BCUT2D eigenvalue weighted by molar-refractivity contribution is 0.201. The SMILES string of the molecule is COCCc1nsc(N2CCN(S(=O)(=O)c3ccccc3)CC2)n1. The molecule has 0 atom stereocenters. The van der Waals surface area contributed by atoms with Crippen LogP contribution in [0.15, 0.2) is 35.2 Å². The van der Waals surface area contributed by atoms with Gasteiger partial charge >= 0.3 is 0 Å². The lowest BCUT2D eigenvalue weighted by Gasteiger charge is -2.33. The van der Waals surface area contributed by atoms with E-state index in [1.807, 2.05) is 6.07 Å². The predicted octanol–water partition coefficient (Wildman–Crippen LogP) is 1.24. The molecule has 0 N–H and O–H groups in total. The van der Waals surface area contributed by atoms with Gasteiger partial charge in [-0.15, -0.1) is 0 Å². The summed E-state index contributed by atoms with van der Waals surface area (Å²) in [4.78, 5) is 6.93. The minimum absolute atomic E-state index is 0.344. The van der Waals surface area contributed by atoms with Gasteiger partial charge in [-0.3, -0.25) is 0 Å². The number of rotatable bonds is 6. The van der Waals surface area contributed by atoms with Crippen molar-refractivity contribution in [2.45, 2.75) is 11.3 Å². The van der Waals surface area contributed by atoms with Crippen LogP contribution in [0.25, 0.3) is 0 Å². The van der Waals surface area contributed by atoms with Crippen LogP contribution in [-0.4, -0.2) is 62.0 Å². The summed E-state index contributed by atoms with van der Waals surface area (Å²) < 4.78 is 36.1. The number of piperazine rings is 1. The first-order valence-corrected chi connectivity index (χ1v) is 9.94. The molecule has 1 aromatic carbocycles. The van der Waals surface area contributed by atoms with E-state index < -0.39 is 10.0 Å². The molecule has 1 aromatic heterocycles. The van der Waals surface area contributed by atoms with Gasteiger partial charge in [-0.1, -0.05) is 18.2 Å². The molecule has 130 valence electrons. The van der Waals surface area contributed by atoms with Crippen molar-refractivity contribution in [3.05, 3.63) is 36.2 Å². The molecule has 1 saturated heterocycles. The summed E-state index contributed by atoms with van der Waals surface area (Å²) in [6.07, 6.45) is 0.690. The second kappa shape index (κ2) is 7.56. The van der Waals surface area contributed by atoms with Crippen LogP contribution in [0.1, 0.15) is 5.82 Å². The average Bonchev–Trinajstić information content (AvgIpc) is 3.10. The Morgan fingerprint density at radius 2 is 1.88 bits per heavy atom. The summed E-state index contributed by atoms with van der Waals surface area (Å²) in [5, 5.41) is 0.845. The van der Waals surface area contributed by atoms with Crippen LogP contribution in [-0.2, 0) is 21.2 Å². The first-order valence-electron chi connectivity index (χ1n) is 7.73. The van der Waals surface area contributed by atoms with Crippen molar-refractivity contribution in [1.29, 1.82) is 0 Å². The van der Waals surface area contributed by atoms with Gasteiger partial charge in [0.2, 0.25) is 15.2 Å². The number of methoxy groups -OCH3 is 1. The van der Waals surface area contributed by atoms with E-state index in [-0.39, 0.29) is 0 Å². The van der Waals surface area contributed by atoms with Crippen LogP contribution in [0.5, 0.6) is 0 Å². The van der Waals surface area contributed by atoms with E-state index in [0.29, 0.717) is 44.1 Å². The van der Waals surface area contributed by atoms with Gasteiger partial charge in [0.15, 0.2) is 0 Å². The third-order valence-electron chi connectivity index (χ3n) is 3.88. The standard InChI is InChI=1S/C15H20N4O3S2/c1-22-12-7-14-16-15(23-17-14)18-8-10-19(11-9-18)24(20,21)13-5-3-2-4-6-13/h2-6H,7-12H2,1H3. The summed E-state index contributed by atoms with van der Waals surface area (Å²) in [7, 11) is -1.76.